The fraction of sp³-hybridized carbons (Fsp3) is 0.333. The van der Waals surface area contributed by atoms with Gasteiger partial charge in [0.15, 0.2) is 5.78 Å². The van der Waals surface area contributed by atoms with Gasteiger partial charge in [-0.2, -0.15) is 0 Å². The van der Waals surface area contributed by atoms with Gasteiger partial charge in [0, 0.05) is 23.9 Å². The summed E-state index contributed by atoms with van der Waals surface area (Å²) < 4.78 is 0. The van der Waals surface area contributed by atoms with Crippen molar-refractivity contribution in [2.24, 2.45) is 0 Å². The van der Waals surface area contributed by atoms with Crippen molar-refractivity contribution in [2.45, 2.75) is 33.1 Å². The third-order valence-corrected chi connectivity index (χ3v) is 3.51. The first-order valence-corrected chi connectivity index (χ1v) is 8.08. The van der Waals surface area contributed by atoms with E-state index in [-0.39, 0.29) is 17.4 Å². The van der Waals surface area contributed by atoms with E-state index in [0.717, 1.165) is 25.8 Å². The highest BCUT2D eigenvalue weighted by Crippen LogP contribution is 2.13. The SMILES string of the molecule is CCCCCNc1cc(C(=O)Nc2cccc(C(C)=O)c2)ncn1. The van der Waals surface area contributed by atoms with Gasteiger partial charge in [-0.15, -0.1) is 0 Å². The highest BCUT2D eigenvalue weighted by Gasteiger charge is 2.10. The predicted octanol–water partition coefficient (Wildman–Crippen LogP) is 3.53. The van der Waals surface area contributed by atoms with Gasteiger partial charge in [0.1, 0.15) is 17.8 Å². The van der Waals surface area contributed by atoms with Crippen LogP contribution in [0.4, 0.5) is 11.5 Å². The smallest absolute Gasteiger partial charge is 0.274 e. The molecule has 24 heavy (non-hydrogen) atoms. The van der Waals surface area contributed by atoms with Crippen LogP contribution in [0.1, 0.15) is 54.0 Å². The van der Waals surface area contributed by atoms with Crippen molar-refractivity contribution in [2.75, 3.05) is 17.2 Å². The minimum Gasteiger partial charge on any atom is -0.370 e. The van der Waals surface area contributed by atoms with Gasteiger partial charge in [0.2, 0.25) is 0 Å². The second-order valence-corrected chi connectivity index (χ2v) is 5.51. The van der Waals surface area contributed by atoms with Crippen molar-refractivity contribution in [1.82, 2.24) is 9.97 Å². The molecule has 2 N–H and O–H groups in total. The molecule has 0 unspecified atom stereocenters. The molecule has 0 aliphatic heterocycles. The molecule has 0 saturated carbocycles. The van der Waals surface area contributed by atoms with E-state index in [9.17, 15) is 9.59 Å². The Morgan fingerprint density at radius 3 is 2.71 bits per heavy atom. The lowest BCUT2D eigenvalue weighted by molar-refractivity contribution is 0.100. The van der Waals surface area contributed by atoms with Crippen LogP contribution in [-0.4, -0.2) is 28.2 Å². The van der Waals surface area contributed by atoms with Crippen LogP contribution in [0.25, 0.3) is 0 Å². The Morgan fingerprint density at radius 1 is 1.12 bits per heavy atom. The second-order valence-electron chi connectivity index (χ2n) is 5.51. The van der Waals surface area contributed by atoms with Gasteiger partial charge in [-0.05, 0) is 25.5 Å². The number of aromatic nitrogens is 2. The summed E-state index contributed by atoms with van der Waals surface area (Å²) in [4.78, 5) is 31.8. The summed E-state index contributed by atoms with van der Waals surface area (Å²) >= 11 is 0. The molecule has 1 heterocycles. The Kier molecular flexibility index (Phi) is 6.42. The first-order chi connectivity index (χ1) is 11.6. The molecular weight excluding hydrogens is 304 g/mol. The third kappa shape index (κ3) is 5.15. The molecule has 1 aromatic heterocycles. The fourth-order valence-corrected chi connectivity index (χ4v) is 2.18. The zero-order valence-corrected chi connectivity index (χ0v) is 14.0. The molecule has 1 aromatic carbocycles. The van der Waals surface area contributed by atoms with E-state index in [1.807, 2.05) is 0 Å². The lowest BCUT2D eigenvalue weighted by atomic mass is 10.1. The quantitative estimate of drug-likeness (QED) is 0.572. The predicted molar refractivity (Wildman–Crippen MR) is 94.4 cm³/mol. The van der Waals surface area contributed by atoms with Crippen molar-refractivity contribution >= 4 is 23.2 Å². The van der Waals surface area contributed by atoms with E-state index in [2.05, 4.69) is 27.5 Å². The molecule has 1 amide bonds. The number of anilines is 2. The lowest BCUT2D eigenvalue weighted by Crippen LogP contribution is -2.15. The molecule has 0 aliphatic rings. The Bertz CT molecular complexity index is 716. The normalized spacial score (nSPS) is 10.2. The molecule has 0 saturated heterocycles. The van der Waals surface area contributed by atoms with Gasteiger partial charge in [-0.25, -0.2) is 9.97 Å². The molecule has 0 radical (unpaired) electrons. The zero-order chi connectivity index (χ0) is 17.4. The minimum absolute atomic E-state index is 0.0494. The highest BCUT2D eigenvalue weighted by molar-refractivity contribution is 6.04. The number of nitrogens with one attached hydrogen (secondary N) is 2. The number of ketones is 1. The first kappa shape index (κ1) is 17.6. The molecule has 126 valence electrons. The van der Waals surface area contributed by atoms with Gasteiger partial charge in [-0.1, -0.05) is 31.9 Å². The van der Waals surface area contributed by atoms with Gasteiger partial charge < -0.3 is 10.6 Å². The minimum atomic E-state index is -0.338. The first-order valence-electron chi connectivity index (χ1n) is 8.08. The van der Waals surface area contributed by atoms with Gasteiger partial charge in [0.25, 0.3) is 5.91 Å². The lowest BCUT2D eigenvalue weighted by Gasteiger charge is -2.08. The van der Waals surface area contributed by atoms with Crippen LogP contribution in [0, 0.1) is 0 Å². The Balaban J connectivity index is 2.01. The summed E-state index contributed by atoms with van der Waals surface area (Å²) in [5.74, 6) is 0.241. The van der Waals surface area contributed by atoms with Crippen LogP contribution >= 0.6 is 0 Å². The van der Waals surface area contributed by atoms with Crippen molar-refractivity contribution in [3.8, 4) is 0 Å². The molecule has 0 bridgehead atoms. The van der Waals surface area contributed by atoms with Crippen molar-refractivity contribution in [3.63, 3.8) is 0 Å². The van der Waals surface area contributed by atoms with Crippen LogP contribution in [0.3, 0.4) is 0 Å². The number of carbonyl (C=O) groups excluding carboxylic acids is 2. The van der Waals surface area contributed by atoms with E-state index in [1.54, 1.807) is 30.3 Å². The number of hydrogen-bond donors (Lipinski definition) is 2. The number of amides is 1. The molecule has 2 aromatic rings. The van der Waals surface area contributed by atoms with Crippen LogP contribution in [0.2, 0.25) is 0 Å². The third-order valence-electron chi connectivity index (χ3n) is 3.51. The van der Waals surface area contributed by atoms with Crippen molar-refractivity contribution in [3.05, 3.63) is 47.9 Å². The van der Waals surface area contributed by atoms with E-state index in [0.29, 0.717) is 17.1 Å². The maximum absolute atomic E-state index is 12.3. The fourth-order valence-electron chi connectivity index (χ4n) is 2.18. The van der Waals surface area contributed by atoms with E-state index in [4.69, 9.17) is 0 Å². The monoisotopic (exact) mass is 326 g/mol. The topological polar surface area (TPSA) is 84.0 Å². The summed E-state index contributed by atoms with van der Waals surface area (Å²) in [5, 5.41) is 5.93. The summed E-state index contributed by atoms with van der Waals surface area (Å²) in [7, 11) is 0. The number of rotatable bonds is 8. The molecular formula is C18H22N4O2. The highest BCUT2D eigenvalue weighted by atomic mass is 16.2. The number of unbranched alkanes of at least 4 members (excludes halogenated alkanes) is 2. The Morgan fingerprint density at radius 2 is 1.96 bits per heavy atom. The van der Waals surface area contributed by atoms with Crippen molar-refractivity contribution < 1.29 is 9.59 Å². The maximum atomic E-state index is 12.3. The molecule has 0 aliphatic carbocycles. The largest absolute Gasteiger partial charge is 0.370 e. The molecule has 0 spiro atoms. The molecule has 6 heteroatoms. The molecule has 2 rings (SSSR count). The average molecular weight is 326 g/mol. The van der Waals surface area contributed by atoms with Crippen LogP contribution < -0.4 is 10.6 Å². The average Bonchev–Trinajstić information content (AvgIpc) is 2.59. The Labute approximate surface area is 141 Å². The standard InChI is InChI=1S/C18H22N4O2/c1-3-4-5-9-19-17-11-16(20-12-21-17)18(24)22-15-8-6-7-14(10-15)13(2)23/h6-8,10-12H,3-5,9H2,1-2H3,(H,22,24)(H,19,20,21). The molecule has 6 nitrogen and oxygen atoms in total. The maximum Gasteiger partial charge on any atom is 0.274 e. The van der Waals surface area contributed by atoms with Gasteiger partial charge >= 0.3 is 0 Å². The van der Waals surface area contributed by atoms with Crippen LogP contribution in [0.5, 0.6) is 0 Å². The number of nitrogens with zero attached hydrogens (tertiary/aromatic N) is 2. The van der Waals surface area contributed by atoms with Crippen LogP contribution in [0.15, 0.2) is 36.7 Å². The summed E-state index contributed by atoms with van der Waals surface area (Å²) in [5.41, 5.74) is 1.38. The molecule has 0 atom stereocenters. The zero-order valence-electron chi connectivity index (χ0n) is 14.0. The second kappa shape index (κ2) is 8.76. The number of hydrogen-bond acceptors (Lipinski definition) is 5. The van der Waals surface area contributed by atoms with E-state index < -0.39 is 0 Å². The Hall–Kier alpha value is -2.76. The number of carbonyl (C=O) groups is 2. The van der Waals surface area contributed by atoms with Crippen molar-refractivity contribution in [1.29, 1.82) is 0 Å². The summed E-state index contributed by atoms with van der Waals surface area (Å²) in [6, 6.07) is 8.44. The van der Waals surface area contributed by atoms with E-state index in [1.165, 1.54) is 13.3 Å². The number of Topliss-reactive ketones (excluding diaryl/α,β-unsaturated/α-hetero) is 1. The number of benzene rings is 1. The van der Waals surface area contributed by atoms with Gasteiger partial charge in [-0.3, -0.25) is 9.59 Å². The summed E-state index contributed by atoms with van der Waals surface area (Å²) in [6.45, 7) is 4.45. The molecule has 0 fully saturated rings. The van der Waals surface area contributed by atoms with Crippen LogP contribution in [-0.2, 0) is 0 Å². The van der Waals surface area contributed by atoms with E-state index >= 15 is 0 Å². The van der Waals surface area contributed by atoms with Gasteiger partial charge in [0.05, 0.1) is 0 Å². The summed E-state index contributed by atoms with van der Waals surface area (Å²) in [6.07, 6.45) is 4.72.